The van der Waals surface area contributed by atoms with Gasteiger partial charge in [-0.25, -0.2) is 4.98 Å². The van der Waals surface area contributed by atoms with Gasteiger partial charge in [-0.15, -0.1) is 4.31 Å². The van der Waals surface area contributed by atoms with Crippen molar-refractivity contribution in [2.45, 2.75) is 57.4 Å². The van der Waals surface area contributed by atoms with E-state index in [1.807, 2.05) is 67.5 Å². The maximum atomic E-state index is 13.7. The normalized spacial score (nSPS) is 18.0. The topological polar surface area (TPSA) is 116 Å². The van der Waals surface area contributed by atoms with E-state index in [2.05, 4.69) is 16.3 Å². The van der Waals surface area contributed by atoms with Gasteiger partial charge in [-0.05, 0) is 94.1 Å². The van der Waals surface area contributed by atoms with Crippen LogP contribution in [0.15, 0.2) is 54.6 Å². The number of hydrogen-bond donors (Lipinski definition) is 2. The number of hydrogen-bond acceptors (Lipinski definition) is 7. The van der Waals surface area contributed by atoms with Crippen LogP contribution in [0.5, 0.6) is 0 Å². The summed E-state index contributed by atoms with van der Waals surface area (Å²) in [7, 11) is 0. The number of nitrogens with one attached hydrogen (secondary N) is 1. The largest absolute Gasteiger partial charge is 0.597 e. The lowest BCUT2D eigenvalue weighted by atomic mass is 9.94. The number of carbonyl (C=O) groups is 1. The molecule has 1 fully saturated rings. The van der Waals surface area contributed by atoms with E-state index < -0.39 is 16.1 Å². The Balaban J connectivity index is 1.55. The first kappa shape index (κ1) is 30.2. The standard InChI is InChI=1S/C33H39N5O3S/c1-33(2,3)42(41)38-22-27-20-28(32(40)35-14-17-37-15-4-5-16-37)36-31(30(27)29(38)13-18-39)26-8-6-7-25(19-26)24-11-9-23(21-34)10-12-24/h6-12,19-20,29,39H,4-5,13-18,22H2,1-3H3,(H,35,40)/t29-,42?/m0/s1. The summed E-state index contributed by atoms with van der Waals surface area (Å²) < 4.78 is 15.1. The van der Waals surface area contributed by atoms with E-state index in [9.17, 15) is 19.7 Å². The van der Waals surface area contributed by atoms with Crippen molar-refractivity contribution >= 4 is 17.3 Å². The number of nitrogens with zero attached hydrogens (tertiary/aromatic N) is 4. The molecule has 5 rings (SSSR count). The average Bonchev–Trinajstić information content (AvgIpc) is 3.64. The van der Waals surface area contributed by atoms with E-state index in [0.29, 0.717) is 36.5 Å². The van der Waals surface area contributed by atoms with E-state index >= 15 is 0 Å². The van der Waals surface area contributed by atoms with Gasteiger partial charge in [0.2, 0.25) is 0 Å². The first-order valence-corrected chi connectivity index (χ1v) is 15.7. The molecule has 0 spiro atoms. The smallest absolute Gasteiger partial charge is 0.269 e. The average molecular weight is 586 g/mol. The SMILES string of the molecule is CC(C)(C)[S+]([O-])N1Cc2cc(C(=O)NCCN3CCCC3)nc(-c3cccc(-c4ccc(C#N)cc4)c3)c2[C@@H]1CCO. The van der Waals surface area contributed by atoms with Gasteiger partial charge in [-0.3, -0.25) is 4.79 Å². The molecule has 1 unspecified atom stereocenters. The lowest BCUT2D eigenvalue weighted by Gasteiger charge is -2.33. The van der Waals surface area contributed by atoms with Crippen LogP contribution in [0.25, 0.3) is 22.4 Å². The van der Waals surface area contributed by atoms with Gasteiger partial charge in [-0.2, -0.15) is 5.26 Å². The van der Waals surface area contributed by atoms with Crippen molar-refractivity contribution in [3.8, 4) is 28.5 Å². The number of likely N-dealkylation sites (tertiary alicyclic amines) is 1. The maximum absolute atomic E-state index is 13.7. The molecule has 220 valence electrons. The molecule has 3 heterocycles. The Hall–Kier alpha value is -3.26. The lowest BCUT2D eigenvalue weighted by molar-refractivity contribution is 0.0944. The summed E-state index contributed by atoms with van der Waals surface area (Å²) in [5.41, 5.74) is 6.17. The van der Waals surface area contributed by atoms with Gasteiger partial charge >= 0.3 is 0 Å². The second-order valence-electron chi connectivity index (χ2n) is 12.0. The van der Waals surface area contributed by atoms with E-state index in [1.54, 1.807) is 12.1 Å². The van der Waals surface area contributed by atoms with Gasteiger partial charge in [0.05, 0.1) is 29.9 Å². The number of amides is 1. The minimum Gasteiger partial charge on any atom is -0.597 e. The van der Waals surface area contributed by atoms with Crippen molar-refractivity contribution in [2.24, 2.45) is 0 Å². The third kappa shape index (κ3) is 6.54. The van der Waals surface area contributed by atoms with Crippen LogP contribution in [-0.4, -0.2) is 67.3 Å². The van der Waals surface area contributed by atoms with Gasteiger partial charge in [0.25, 0.3) is 5.91 Å². The second kappa shape index (κ2) is 12.9. The predicted octanol–water partition coefficient (Wildman–Crippen LogP) is 4.81. The molecule has 2 aromatic carbocycles. The number of aliphatic hydroxyl groups is 1. The Morgan fingerprint density at radius 1 is 1.12 bits per heavy atom. The van der Waals surface area contributed by atoms with E-state index in [-0.39, 0.29) is 18.6 Å². The predicted molar refractivity (Wildman–Crippen MR) is 166 cm³/mol. The van der Waals surface area contributed by atoms with Crippen LogP contribution in [0.3, 0.4) is 0 Å². The number of pyridine rings is 1. The highest BCUT2D eigenvalue weighted by Gasteiger charge is 2.45. The van der Waals surface area contributed by atoms with Crippen LogP contribution >= 0.6 is 0 Å². The number of aliphatic hydroxyl groups excluding tert-OH is 1. The van der Waals surface area contributed by atoms with Gasteiger partial charge in [0.15, 0.2) is 0 Å². The molecule has 0 bridgehead atoms. The number of aromatic nitrogens is 1. The highest BCUT2D eigenvalue weighted by atomic mass is 32.2. The van der Waals surface area contributed by atoms with Crippen LogP contribution in [0.4, 0.5) is 0 Å². The van der Waals surface area contributed by atoms with Gasteiger partial charge in [0, 0.05) is 42.2 Å². The maximum Gasteiger partial charge on any atom is 0.269 e. The summed E-state index contributed by atoms with van der Waals surface area (Å²) in [5, 5.41) is 22.3. The molecular weight excluding hydrogens is 546 g/mol. The number of carbonyl (C=O) groups excluding carboxylic acids is 1. The quantitative estimate of drug-likeness (QED) is 0.346. The first-order chi connectivity index (χ1) is 20.2. The second-order valence-corrected chi connectivity index (χ2v) is 14.2. The molecule has 2 aliphatic rings. The Kier molecular flexibility index (Phi) is 9.31. The summed E-state index contributed by atoms with van der Waals surface area (Å²) in [5.74, 6) is -0.226. The molecular formula is C33H39N5O3S. The van der Waals surface area contributed by atoms with Crippen molar-refractivity contribution in [2.75, 3.05) is 32.8 Å². The zero-order valence-corrected chi connectivity index (χ0v) is 25.4. The van der Waals surface area contributed by atoms with Crippen molar-refractivity contribution in [3.63, 3.8) is 0 Å². The fourth-order valence-corrected chi connectivity index (χ4v) is 7.21. The van der Waals surface area contributed by atoms with Crippen LogP contribution < -0.4 is 5.32 Å². The Labute approximate surface area is 251 Å². The van der Waals surface area contributed by atoms with Crippen molar-refractivity contribution in [3.05, 3.63) is 77.0 Å². The highest BCUT2D eigenvalue weighted by molar-refractivity contribution is 7.90. The first-order valence-electron chi connectivity index (χ1n) is 14.6. The van der Waals surface area contributed by atoms with Crippen LogP contribution in [0.1, 0.15) is 73.3 Å². The molecule has 1 aromatic heterocycles. The molecule has 9 heteroatoms. The third-order valence-electron chi connectivity index (χ3n) is 7.92. The van der Waals surface area contributed by atoms with Crippen molar-refractivity contribution in [1.29, 1.82) is 5.26 Å². The molecule has 42 heavy (non-hydrogen) atoms. The Morgan fingerprint density at radius 2 is 1.83 bits per heavy atom. The summed E-state index contributed by atoms with van der Waals surface area (Å²) >= 11 is -1.33. The number of rotatable bonds is 9. The molecule has 8 nitrogen and oxygen atoms in total. The number of fused-ring (bicyclic) bond motifs is 1. The fraction of sp³-hybridized carbons (Fsp3) is 0.424. The third-order valence-corrected chi connectivity index (χ3v) is 9.78. The highest BCUT2D eigenvalue weighted by Crippen LogP contribution is 2.45. The molecule has 2 aliphatic heterocycles. The van der Waals surface area contributed by atoms with Crippen molar-refractivity contribution in [1.82, 2.24) is 19.5 Å². The van der Waals surface area contributed by atoms with E-state index in [4.69, 9.17) is 4.98 Å². The molecule has 0 aliphatic carbocycles. The van der Waals surface area contributed by atoms with Gasteiger partial charge in [-0.1, -0.05) is 30.3 Å². The molecule has 0 saturated carbocycles. The van der Waals surface area contributed by atoms with E-state index in [1.165, 1.54) is 12.8 Å². The minimum atomic E-state index is -1.33. The summed E-state index contributed by atoms with van der Waals surface area (Å²) in [6, 6.07) is 19.1. The van der Waals surface area contributed by atoms with E-state index in [0.717, 1.165) is 47.5 Å². The van der Waals surface area contributed by atoms with Crippen molar-refractivity contribution < 1.29 is 14.5 Å². The van der Waals surface area contributed by atoms with Crippen LogP contribution in [0.2, 0.25) is 0 Å². The van der Waals surface area contributed by atoms with Gasteiger partial charge < -0.3 is 19.9 Å². The number of nitriles is 1. The Bertz CT molecular complexity index is 1460. The summed E-state index contributed by atoms with van der Waals surface area (Å²) in [4.78, 5) is 20.7. The molecule has 1 amide bonds. The zero-order chi connectivity index (χ0) is 29.9. The summed E-state index contributed by atoms with van der Waals surface area (Å²) in [6.07, 6.45) is 2.81. The molecule has 2 atom stereocenters. The van der Waals surface area contributed by atoms with Gasteiger partial charge in [0.1, 0.15) is 10.4 Å². The molecule has 2 N–H and O–H groups in total. The molecule has 3 aromatic rings. The monoisotopic (exact) mass is 585 g/mol. The molecule has 1 saturated heterocycles. The van der Waals surface area contributed by atoms with Crippen LogP contribution in [0, 0.1) is 11.3 Å². The lowest BCUT2D eigenvalue weighted by Crippen LogP contribution is -2.42. The Morgan fingerprint density at radius 3 is 2.50 bits per heavy atom. The number of benzene rings is 2. The minimum absolute atomic E-state index is 0.0641. The fourth-order valence-electron chi connectivity index (χ4n) is 5.81. The van der Waals surface area contributed by atoms with Crippen LogP contribution in [-0.2, 0) is 17.9 Å². The summed E-state index contributed by atoms with van der Waals surface area (Å²) in [6.45, 7) is 9.68. The zero-order valence-electron chi connectivity index (χ0n) is 24.6. The molecule has 0 radical (unpaired) electrons.